The molecule has 24 heavy (non-hydrogen) atoms. The van der Waals surface area contributed by atoms with Gasteiger partial charge in [0.1, 0.15) is 6.04 Å². The van der Waals surface area contributed by atoms with Crippen molar-refractivity contribution in [3.63, 3.8) is 0 Å². The van der Waals surface area contributed by atoms with Gasteiger partial charge in [0.15, 0.2) is 5.13 Å². The lowest BCUT2D eigenvalue weighted by Gasteiger charge is -2.15. The normalized spacial score (nSPS) is 17.6. The highest BCUT2D eigenvalue weighted by Crippen LogP contribution is 2.25. The summed E-state index contributed by atoms with van der Waals surface area (Å²) in [6, 6.07) is -0.944. The monoisotopic (exact) mass is 348 g/mol. The van der Waals surface area contributed by atoms with Crippen molar-refractivity contribution in [1.29, 1.82) is 0 Å². The summed E-state index contributed by atoms with van der Waals surface area (Å²) in [5.74, 6) is 0.241. The van der Waals surface area contributed by atoms with Crippen molar-refractivity contribution < 1.29 is 9.59 Å². The molecule has 0 unspecified atom stereocenters. The molecule has 3 amide bonds. The van der Waals surface area contributed by atoms with Gasteiger partial charge in [-0.2, -0.15) is 5.10 Å². The highest BCUT2D eigenvalue weighted by atomic mass is 32.1. The largest absolute Gasteiger partial charge is 0.326 e. The Morgan fingerprint density at radius 1 is 1.42 bits per heavy atom. The molecule has 128 valence electrons. The van der Waals surface area contributed by atoms with Crippen LogP contribution in [0.1, 0.15) is 31.1 Å². The van der Waals surface area contributed by atoms with Crippen LogP contribution < -0.4 is 15.5 Å². The molecule has 1 saturated heterocycles. The second kappa shape index (κ2) is 6.60. The topological polar surface area (TPSA) is 92.2 Å². The molecule has 8 nitrogen and oxygen atoms in total. The van der Waals surface area contributed by atoms with Crippen molar-refractivity contribution in [2.45, 2.75) is 32.2 Å². The van der Waals surface area contributed by atoms with Crippen LogP contribution in [0, 0.1) is 0 Å². The number of carbonyl (C=O) groups is 2. The molecule has 0 aliphatic carbocycles. The van der Waals surface area contributed by atoms with Crippen molar-refractivity contribution >= 4 is 34.1 Å². The van der Waals surface area contributed by atoms with E-state index in [1.54, 1.807) is 35.2 Å². The molecule has 9 heteroatoms. The van der Waals surface area contributed by atoms with Crippen molar-refractivity contribution in [3.05, 3.63) is 23.5 Å². The minimum absolute atomic E-state index is 0.125. The fourth-order valence-corrected chi connectivity index (χ4v) is 3.33. The number of aromatic nitrogens is 3. The van der Waals surface area contributed by atoms with Crippen LogP contribution in [-0.2, 0) is 11.8 Å². The molecular formula is C15H20N6O2S. The lowest BCUT2D eigenvalue weighted by Crippen LogP contribution is -2.43. The van der Waals surface area contributed by atoms with Crippen LogP contribution in [0.2, 0.25) is 0 Å². The quantitative estimate of drug-likeness (QED) is 0.883. The number of thiazole rings is 1. The Balaban J connectivity index is 1.57. The lowest BCUT2D eigenvalue weighted by atomic mass is 10.2. The Labute approximate surface area is 143 Å². The minimum Gasteiger partial charge on any atom is -0.326 e. The Morgan fingerprint density at radius 2 is 2.21 bits per heavy atom. The first-order valence-corrected chi connectivity index (χ1v) is 8.59. The molecule has 0 spiro atoms. The van der Waals surface area contributed by atoms with Gasteiger partial charge in [0, 0.05) is 30.9 Å². The van der Waals surface area contributed by atoms with Crippen LogP contribution in [0.25, 0.3) is 0 Å². The maximum atomic E-state index is 12.4. The number of amides is 3. The van der Waals surface area contributed by atoms with Gasteiger partial charge in [0.2, 0.25) is 5.91 Å². The molecule has 0 bridgehead atoms. The Hall–Kier alpha value is -2.42. The second-order valence-corrected chi connectivity index (χ2v) is 7.09. The van der Waals surface area contributed by atoms with Crippen LogP contribution in [0.3, 0.4) is 0 Å². The van der Waals surface area contributed by atoms with Gasteiger partial charge in [-0.3, -0.25) is 14.8 Å². The van der Waals surface area contributed by atoms with E-state index in [0.717, 1.165) is 10.6 Å². The number of nitrogens with one attached hydrogen (secondary N) is 2. The highest BCUT2D eigenvalue weighted by Gasteiger charge is 2.34. The molecule has 1 aliphatic rings. The summed E-state index contributed by atoms with van der Waals surface area (Å²) in [7, 11) is 1.80. The zero-order valence-electron chi connectivity index (χ0n) is 13.8. The molecule has 1 aliphatic heterocycles. The van der Waals surface area contributed by atoms with Gasteiger partial charge in [0.05, 0.1) is 11.9 Å². The fraction of sp³-hybridized carbons (Fsp3) is 0.467. The van der Waals surface area contributed by atoms with Crippen LogP contribution in [0.4, 0.5) is 15.6 Å². The Bertz CT molecular complexity index is 753. The van der Waals surface area contributed by atoms with Crippen LogP contribution in [0.15, 0.2) is 18.6 Å². The van der Waals surface area contributed by atoms with Gasteiger partial charge < -0.3 is 10.2 Å². The van der Waals surface area contributed by atoms with Crippen molar-refractivity contribution in [1.82, 2.24) is 20.1 Å². The second-order valence-electron chi connectivity index (χ2n) is 6.02. The van der Waals surface area contributed by atoms with E-state index < -0.39 is 12.1 Å². The smallest absolute Gasteiger partial charge is 0.321 e. The number of nitrogens with zero attached hydrogens (tertiary/aromatic N) is 4. The van der Waals surface area contributed by atoms with E-state index in [9.17, 15) is 9.59 Å². The van der Waals surface area contributed by atoms with E-state index in [1.807, 2.05) is 0 Å². The molecule has 0 saturated carbocycles. The van der Waals surface area contributed by atoms with Crippen LogP contribution in [-0.4, -0.2) is 39.3 Å². The van der Waals surface area contributed by atoms with Gasteiger partial charge in [-0.05, 0) is 12.3 Å². The molecule has 0 radical (unpaired) electrons. The van der Waals surface area contributed by atoms with Gasteiger partial charge in [-0.25, -0.2) is 9.78 Å². The molecule has 2 aromatic heterocycles. The number of urea groups is 1. The Morgan fingerprint density at radius 3 is 2.83 bits per heavy atom. The molecule has 3 heterocycles. The summed E-state index contributed by atoms with van der Waals surface area (Å²) in [6.45, 7) is 4.70. The number of carbonyl (C=O) groups excluding carboxylic acids is 2. The van der Waals surface area contributed by atoms with E-state index in [1.165, 1.54) is 11.3 Å². The zero-order chi connectivity index (χ0) is 17.3. The zero-order valence-corrected chi connectivity index (χ0v) is 14.6. The molecule has 1 atom stereocenters. The molecule has 1 fully saturated rings. The standard InChI is InChI=1S/C15H20N6O2S/c1-9(2)12-7-16-15(24-12)19-14(23)18-11-4-5-21(13(11)22)10-6-17-20(3)8-10/h6-9,11H,4-5H2,1-3H3,(H2,16,18,19,23)/t11-/m0/s1. The lowest BCUT2D eigenvalue weighted by molar-refractivity contribution is -0.118. The molecule has 0 aromatic carbocycles. The third-order valence-corrected chi connectivity index (χ3v) is 5.04. The average Bonchev–Trinajstić information content (AvgIpc) is 3.22. The summed E-state index contributed by atoms with van der Waals surface area (Å²) in [6.07, 6.45) is 5.75. The summed E-state index contributed by atoms with van der Waals surface area (Å²) in [5, 5.41) is 10.0. The Kier molecular flexibility index (Phi) is 4.52. The highest BCUT2D eigenvalue weighted by molar-refractivity contribution is 7.15. The molecule has 3 rings (SSSR count). The maximum Gasteiger partial charge on any atom is 0.321 e. The number of aryl methyl sites for hydroxylation is 1. The number of rotatable bonds is 4. The predicted molar refractivity (Wildman–Crippen MR) is 92.3 cm³/mol. The maximum absolute atomic E-state index is 12.4. The third kappa shape index (κ3) is 3.40. The summed E-state index contributed by atoms with van der Waals surface area (Å²) >= 11 is 1.44. The van der Waals surface area contributed by atoms with E-state index >= 15 is 0 Å². The van der Waals surface area contributed by atoms with Crippen LogP contribution >= 0.6 is 11.3 Å². The van der Waals surface area contributed by atoms with Crippen molar-refractivity contribution in [3.8, 4) is 0 Å². The van der Waals surface area contributed by atoms with Crippen LogP contribution in [0.5, 0.6) is 0 Å². The average molecular weight is 348 g/mol. The van der Waals surface area contributed by atoms with Gasteiger partial charge in [0.25, 0.3) is 0 Å². The number of hydrogen-bond acceptors (Lipinski definition) is 5. The predicted octanol–water partition coefficient (Wildman–Crippen LogP) is 1.93. The van der Waals surface area contributed by atoms with E-state index in [2.05, 4.69) is 34.6 Å². The summed E-state index contributed by atoms with van der Waals surface area (Å²) in [4.78, 5) is 31.4. The summed E-state index contributed by atoms with van der Waals surface area (Å²) < 4.78 is 1.64. The molecular weight excluding hydrogens is 328 g/mol. The van der Waals surface area contributed by atoms with Gasteiger partial charge in [-0.1, -0.05) is 13.8 Å². The van der Waals surface area contributed by atoms with E-state index in [-0.39, 0.29) is 5.91 Å². The first kappa shape index (κ1) is 16.4. The third-order valence-electron chi connectivity index (χ3n) is 3.83. The number of anilines is 2. The van der Waals surface area contributed by atoms with Crippen molar-refractivity contribution in [2.24, 2.45) is 7.05 Å². The minimum atomic E-state index is -0.533. The SMILES string of the molecule is CC(C)c1cnc(NC(=O)N[C@H]2CCN(c3cnn(C)c3)C2=O)s1. The van der Waals surface area contributed by atoms with E-state index in [0.29, 0.717) is 24.0 Å². The molecule has 2 N–H and O–H groups in total. The van der Waals surface area contributed by atoms with Gasteiger partial charge >= 0.3 is 6.03 Å². The first-order valence-electron chi connectivity index (χ1n) is 7.77. The van der Waals surface area contributed by atoms with Crippen molar-refractivity contribution in [2.75, 3.05) is 16.8 Å². The number of hydrogen-bond donors (Lipinski definition) is 2. The fourth-order valence-electron chi connectivity index (χ4n) is 2.52. The first-order chi connectivity index (χ1) is 11.4. The molecule has 2 aromatic rings. The van der Waals surface area contributed by atoms with Gasteiger partial charge in [-0.15, -0.1) is 11.3 Å². The van der Waals surface area contributed by atoms with E-state index in [4.69, 9.17) is 0 Å². The summed E-state index contributed by atoms with van der Waals surface area (Å²) in [5.41, 5.74) is 0.744.